The van der Waals surface area contributed by atoms with Crippen molar-refractivity contribution in [2.75, 3.05) is 0 Å². The van der Waals surface area contributed by atoms with E-state index >= 15 is 0 Å². The SMILES string of the molecule is O=C(c1ccc(F)c(F)c1)C(Cl)Cl. The third kappa shape index (κ3) is 2.39. The molecule has 13 heavy (non-hydrogen) atoms. The Balaban J connectivity index is 3.04. The minimum atomic E-state index is -1.26. The van der Waals surface area contributed by atoms with E-state index in [1.165, 1.54) is 0 Å². The van der Waals surface area contributed by atoms with Crippen molar-refractivity contribution in [3.8, 4) is 0 Å². The zero-order chi connectivity index (χ0) is 10.0. The van der Waals surface area contributed by atoms with Crippen LogP contribution in [0.4, 0.5) is 8.78 Å². The lowest BCUT2D eigenvalue weighted by Crippen LogP contribution is -2.08. The number of benzene rings is 1. The topological polar surface area (TPSA) is 17.1 Å². The van der Waals surface area contributed by atoms with Gasteiger partial charge in [0.2, 0.25) is 0 Å². The first kappa shape index (κ1) is 10.4. The Hall–Kier alpha value is -0.670. The molecule has 0 unspecified atom stereocenters. The van der Waals surface area contributed by atoms with Crippen LogP contribution in [0.1, 0.15) is 10.4 Å². The highest BCUT2D eigenvalue weighted by atomic mass is 35.5. The van der Waals surface area contributed by atoms with Crippen LogP contribution in [0.2, 0.25) is 0 Å². The van der Waals surface area contributed by atoms with Gasteiger partial charge in [-0.05, 0) is 18.2 Å². The Kier molecular flexibility index (Phi) is 3.22. The van der Waals surface area contributed by atoms with Crippen LogP contribution in [-0.4, -0.2) is 10.6 Å². The minimum Gasteiger partial charge on any atom is -0.291 e. The normalized spacial score (nSPS) is 10.5. The van der Waals surface area contributed by atoms with Gasteiger partial charge in [0.25, 0.3) is 0 Å². The maximum Gasteiger partial charge on any atom is 0.195 e. The fourth-order valence-electron chi connectivity index (χ4n) is 0.775. The van der Waals surface area contributed by atoms with Crippen LogP contribution in [0.5, 0.6) is 0 Å². The fourth-order valence-corrected chi connectivity index (χ4v) is 1.03. The van der Waals surface area contributed by atoms with E-state index < -0.39 is 22.3 Å². The largest absolute Gasteiger partial charge is 0.291 e. The number of carbonyl (C=O) groups excluding carboxylic acids is 1. The minimum absolute atomic E-state index is 0.0473. The van der Waals surface area contributed by atoms with Gasteiger partial charge in [-0.3, -0.25) is 4.79 Å². The number of halogens is 4. The van der Waals surface area contributed by atoms with Gasteiger partial charge in [0.15, 0.2) is 22.3 Å². The highest BCUT2D eigenvalue weighted by Crippen LogP contribution is 2.14. The predicted octanol–water partition coefficient (Wildman–Crippen LogP) is 2.95. The van der Waals surface area contributed by atoms with Crippen molar-refractivity contribution in [2.24, 2.45) is 0 Å². The van der Waals surface area contributed by atoms with Gasteiger partial charge < -0.3 is 0 Å². The van der Waals surface area contributed by atoms with Crippen LogP contribution >= 0.6 is 23.2 Å². The molecule has 0 saturated heterocycles. The van der Waals surface area contributed by atoms with Crippen molar-refractivity contribution >= 4 is 29.0 Å². The van der Waals surface area contributed by atoms with Crippen LogP contribution in [0.15, 0.2) is 18.2 Å². The maximum absolute atomic E-state index is 12.6. The molecule has 0 spiro atoms. The first-order valence-electron chi connectivity index (χ1n) is 3.30. The summed E-state index contributed by atoms with van der Waals surface area (Å²) in [5, 5.41) is 0. The lowest BCUT2D eigenvalue weighted by atomic mass is 10.1. The zero-order valence-electron chi connectivity index (χ0n) is 6.23. The third-order valence-electron chi connectivity index (χ3n) is 1.40. The number of Topliss-reactive ketones (excluding diaryl/α,β-unsaturated/α-hetero) is 1. The second kappa shape index (κ2) is 4.03. The monoisotopic (exact) mass is 224 g/mol. The number of ketones is 1. The van der Waals surface area contributed by atoms with Gasteiger partial charge in [0, 0.05) is 5.56 Å². The standard InChI is InChI=1S/C8H4Cl2F2O/c9-8(10)7(13)4-1-2-5(11)6(12)3-4/h1-3,8H. The molecule has 0 radical (unpaired) electrons. The van der Waals surface area contributed by atoms with Crippen LogP contribution in [0, 0.1) is 11.6 Å². The lowest BCUT2D eigenvalue weighted by Gasteiger charge is -2.00. The van der Waals surface area contributed by atoms with Gasteiger partial charge in [-0.2, -0.15) is 0 Å². The van der Waals surface area contributed by atoms with E-state index in [1.807, 2.05) is 0 Å². The summed E-state index contributed by atoms with van der Waals surface area (Å²) in [7, 11) is 0. The predicted molar refractivity (Wildman–Crippen MR) is 46.2 cm³/mol. The van der Waals surface area contributed by atoms with E-state index in [2.05, 4.69) is 0 Å². The van der Waals surface area contributed by atoms with Crippen molar-refractivity contribution < 1.29 is 13.6 Å². The Morgan fingerprint density at radius 2 is 1.85 bits per heavy atom. The number of rotatable bonds is 2. The second-order valence-electron chi connectivity index (χ2n) is 2.29. The van der Waals surface area contributed by atoms with Crippen LogP contribution in [0.25, 0.3) is 0 Å². The number of hydrogen-bond acceptors (Lipinski definition) is 1. The molecule has 1 aromatic rings. The van der Waals surface area contributed by atoms with Gasteiger partial charge in [0.05, 0.1) is 0 Å². The van der Waals surface area contributed by atoms with Gasteiger partial charge in [-0.1, -0.05) is 23.2 Å². The van der Waals surface area contributed by atoms with Gasteiger partial charge >= 0.3 is 0 Å². The molecular weight excluding hydrogens is 221 g/mol. The molecule has 0 bridgehead atoms. The third-order valence-corrected chi connectivity index (χ3v) is 1.80. The average molecular weight is 225 g/mol. The summed E-state index contributed by atoms with van der Waals surface area (Å²) in [5.41, 5.74) is -0.0473. The second-order valence-corrected chi connectivity index (χ2v) is 3.39. The Morgan fingerprint density at radius 3 is 2.31 bits per heavy atom. The van der Waals surface area contributed by atoms with Crippen molar-refractivity contribution in [3.63, 3.8) is 0 Å². The highest BCUT2D eigenvalue weighted by molar-refractivity contribution is 6.55. The molecule has 0 fully saturated rings. The first-order chi connectivity index (χ1) is 6.02. The fraction of sp³-hybridized carbons (Fsp3) is 0.125. The van der Waals surface area contributed by atoms with Crippen molar-refractivity contribution in [1.29, 1.82) is 0 Å². The maximum atomic E-state index is 12.6. The molecule has 0 amide bonds. The quantitative estimate of drug-likeness (QED) is 0.558. The molecule has 70 valence electrons. The zero-order valence-corrected chi connectivity index (χ0v) is 7.74. The Morgan fingerprint density at radius 1 is 1.23 bits per heavy atom. The van der Waals surface area contributed by atoms with Crippen molar-refractivity contribution in [2.45, 2.75) is 4.84 Å². The number of hydrogen-bond donors (Lipinski definition) is 0. The van der Waals surface area contributed by atoms with E-state index in [-0.39, 0.29) is 5.56 Å². The Labute approximate surface area is 83.3 Å². The lowest BCUT2D eigenvalue weighted by molar-refractivity contribution is 0.101. The highest BCUT2D eigenvalue weighted by Gasteiger charge is 2.15. The van der Waals surface area contributed by atoms with Gasteiger partial charge in [0.1, 0.15) is 0 Å². The molecule has 1 rings (SSSR count). The molecule has 0 heterocycles. The van der Waals surface area contributed by atoms with Crippen LogP contribution in [-0.2, 0) is 0 Å². The molecular formula is C8H4Cl2F2O. The number of carbonyl (C=O) groups is 1. The molecule has 1 aromatic carbocycles. The van der Waals surface area contributed by atoms with E-state index in [0.29, 0.717) is 0 Å². The first-order valence-corrected chi connectivity index (χ1v) is 4.17. The molecule has 0 aliphatic rings. The molecule has 0 N–H and O–H groups in total. The van der Waals surface area contributed by atoms with Gasteiger partial charge in [-0.25, -0.2) is 8.78 Å². The summed E-state index contributed by atoms with van der Waals surface area (Å²) in [6, 6.07) is 2.73. The van der Waals surface area contributed by atoms with Crippen molar-refractivity contribution in [3.05, 3.63) is 35.4 Å². The smallest absolute Gasteiger partial charge is 0.195 e. The van der Waals surface area contributed by atoms with Crippen LogP contribution in [0.3, 0.4) is 0 Å². The number of alkyl halides is 2. The molecule has 0 atom stereocenters. The molecule has 0 aromatic heterocycles. The summed E-state index contributed by atoms with van der Waals surface area (Å²) < 4.78 is 25.0. The van der Waals surface area contributed by atoms with E-state index in [9.17, 15) is 13.6 Å². The van der Waals surface area contributed by atoms with E-state index in [1.54, 1.807) is 0 Å². The average Bonchev–Trinajstić information content (AvgIpc) is 2.08. The molecule has 1 nitrogen and oxygen atoms in total. The van der Waals surface area contributed by atoms with E-state index in [4.69, 9.17) is 23.2 Å². The molecule has 0 saturated carbocycles. The summed E-state index contributed by atoms with van der Waals surface area (Å²) in [6.45, 7) is 0. The summed E-state index contributed by atoms with van der Waals surface area (Å²) in [4.78, 5) is 9.80. The molecule has 0 aliphatic heterocycles. The summed E-state index contributed by atoms with van der Waals surface area (Å²) in [5.74, 6) is -2.76. The Bertz CT molecular complexity index is 339. The van der Waals surface area contributed by atoms with Crippen LogP contribution < -0.4 is 0 Å². The van der Waals surface area contributed by atoms with Gasteiger partial charge in [-0.15, -0.1) is 0 Å². The summed E-state index contributed by atoms with van der Waals surface area (Å²) >= 11 is 10.5. The van der Waals surface area contributed by atoms with Crippen molar-refractivity contribution in [1.82, 2.24) is 0 Å². The van der Waals surface area contributed by atoms with E-state index in [0.717, 1.165) is 18.2 Å². The molecule has 5 heteroatoms. The summed E-state index contributed by atoms with van der Waals surface area (Å²) in [6.07, 6.45) is 0. The molecule has 0 aliphatic carbocycles.